The maximum absolute atomic E-state index is 2.39. The molecule has 0 aliphatic carbocycles. The Bertz CT molecular complexity index is 118. The molecule has 2 nitrogen and oxygen atoms in total. The summed E-state index contributed by atoms with van der Waals surface area (Å²) in [5, 5.41) is 0. The van der Waals surface area contributed by atoms with Crippen LogP contribution >= 0.6 is 0 Å². The van der Waals surface area contributed by atoms with Gasteiger partial charge in [-0.05, 0) is 0 Å². The summed E-state index contributed by atoms with van der Waals surface area (Å²) in [5.74, 6) is 0. The highest BCUT2D eigenvalue weighted by Gasteiger charge is 2.50. The molecule has 0 aromatic rings. The number of quaternary nitrogens is 2. The van der Waals surface area contributed by atoms with E-state index in [0.717, 1.165) is 0 Å². The van der Waals surface area contributed by atoms with E-state index in [9.17, 15) is 0 Å². The number of piperazine rings is 1. The first-order valence-corrected chi connectivity index (χ1v) is 3.79. The molecule has 0 radical (unpaired) electrons. The Labute approximate surface area is 56.9 Å². The van der Waals surface area contributed by atoms with Gasteiger partial charge in [-0.15, -0.1) is 0 Å². The maximum atomic E-state index is 2.39. The van der Waals surface area contributed by atoms with Crippen LogP contribution in [-0.2, 0) is 0 Å². The number of hydrogen-bond donors (Lipinski definition) is 0. The van der Waals surface area contributed by atoms with E-state index in [1.54, 1.807) is 0 Å². The highest BCUT2D eigenvalue weighted by molar-refractivity contribution is 4.53. The summed E-state index contributed by atoms with van der Waals surface area (Å²) in [5.41, 5.74) is 0. The first-order chi connectivity index (χ1) is 4.12. The fraction of sp³-hybridized carbons (Fsp3) is 1.00. The molecule has 2 fully saturated rings. The van der Waals surface area contributed by atoms with Gasteiger partial charge in [-0.3, -0.25) is 8.97 Å². The van der Waals surface area contributed by atoms with Crippen LogP contribution in [-0.4, -0.2) is 55.9 Å². The second kappa shape index (κ2) is 1.32. The van der Waals surface area contributed by atoms with Crippen LogP contribution in [0.4, 0.5) is 0 Å². The fourth-order valence-electron chi connectivity index (χ4n) is 2.30. The molecule has 2 aliphatic rings. The monoisotopic (exact) mass is 127 g/mol. The third-order valence-corrected chi connectivity index (χ3v) is 3.04. The van der Waals surface area contributed by atoms with Crippen molar-refractivity contribution in [2.75, 3.05) is 46.9 Å². The van der Waals surface area contributed by atoms with Crippen LogP contribution in [0, 0.1) is 0 Å². The van der Waals surface area contributed by atoms with Crippen molar-refractivity contribution in [1.82, 2.24) is 0 Å². The molecule has 0 atom stereocenters. The van der Waals surface area contributed by atoms with E-state index in [-0.39, 0.29) is 0 Å². The number of nitrogens with zero attached hydrogens (tertiary/aromatic N) is 2. The Kier molecular flexibility index (Phi) is 0.837. The molecule has 0 spiro atoms. The standard InChI is InChI=1S/C7H16N2/c1-8-3-5-9(2,7-8)6-4-8/h3-7H2,1-2H3/q+2/i1-1. The predicted molar refractivity (Wildman–Crippen MR) is 36.7 cm³/mol. The quantitative estimate of drug-likeness (QED) is 0.397. The molecule has 9 heavy (non-hydrogen) atoms. The molecule has 2 saturated heterocycles. The summed E-state index contributed by atoms with van der Waals surface area (Å²) in [7, 11) is 4.77. The van der Waals surface area contributed by atoms with Crippen LogP contribution in [0.1, 0.15) is 0 Å². The van der Waals surface area contributed by atoms with Gasteiger partial charge in [0, 0.05) is 0 Å². The molecule has 0 saturated carbocycles. The van der Waals surface area contributed by atoms with Crippen molar-refractivity contribution in [3.63, 3.8) is 0 Å². The Morgan fingerprint density at radius 1 is 0.778 bits per heavy atom. The van der Waals surface area contributed by atoms with Crippen molar-refractivity contribution in [1.29, 1.82) is 0 Å². The number of hydrogen-bond acceptors (Lipinski definition) is 0. The topological polar surface area (TPSA) is 0 Å². The molecule has 2 heteroatoms. The summed E-state index contributed by atoms with van der Waals surface area (Å²) in [4.78, 5) is 0. The smallest absolute Gasteiger partial charge is 0.207 e. The van der Waals surface area contributed by atoms with E-state index in [4.69, 9.17) is 0 Å². The van der Waals surface area contributed by atoms with E-state index in [0.29, 0.717) is 0 Å². The molecule has 2 bridgehead atoms. The van der Waals surface area contributed by atoms with Gasteiger partial charge in [0.15, 0.2) is 0 Å². The third kappa shape index (κ3) is 0.700. The summed E-state index contributed by atoms with van der Waals surface area (Å²) in [6, 6.07) is 0. The Morgan fingerprint density at radius 2 is 1.11 bits per heavy atom. The van der Waals surface area contributed by atoms with E-state index >= 15 is 0 Å². The van der Waals surface area contributed by atoms with Crippen LogP contribution in [0.3, 0.4) is 0 Å². The number of rotatable bonds is 0. The molecule has 0 unspecified atom stereocenters. The second-order valence-electron chi connectivity index (χ2n) is 4.27. The summed E-state index contributed by atoms with van der Waals surface area (Å²) >= 11 is 0. The van der Waals surface area contributed by atoms with Crippen molar-refractivity contribution in [3.05, 3.63) is 0 Å². The summed E-state index contributed by atoms with van der Waals surface area (Å²) < 4.78 is 2.69. The van der Waals surface area contributed by atoms with Crippen LogP contribution in [0.2, 0.25) is 0 Å². The molecule has 52 valence electrons. The van der Waals surface area contributed by atoms with Crippen LogP contribution in [0.25, 0.3) is 0 Å². The average molecular weight is 127 g/mol. The van der Waals surface area contributed by atoms with E-state index in [1.807, 2.05) is 0 Å². The zero-order valence-corrected chi connectivity index (χ0v) is 6.43. The number of fused-ring (bicyclic) bond motifs is 2. The van der Waals surface area contributed by atoms with Gasteiger partial charge >= 0.3 is 0 Å². The van der Waals surface area contributed by atoms with Crippen molar-refractivity contribution >= 4 is 0 Å². The molecule has 2 aliphatic heterocycles. The van der Waals surface area contributed by atoms with Crippen molar-refractivity contribution in [2.45, 2.75) is 0 Å². The minimum Gasteiger partial charge on any atom is -0.270 e. The maximum Gasteiger partial charge on any atom is 0.207 e. The molecular formula is C7H16N2+2. The molecule has 2 rings (SSSR count). The van der Waals surface area contributed by atoms with Crippen molar-refractivity contribution in [3.8, 4) is 0 Å². The van der Waals surface area contributed by atoms with Crippen LogP contribution < -0.4 is 0 Å². The number of likely N-dealkylation sites (N-methyl/N-ethyl adjacent to an activating group) is 2. The predicted octanol–water partition coefficient (Wildman–Crippen LogP) is -0.136. The second-order valence-corrected chi connectivity index (χ2v) is 4.27. The Morgan fingerprint density at radius 3 is 1.22 bits per heavy atom. The third-order valence-electron chi connectivity index (χ3n) is 3.04. The highest BCUT2D eigenvalue weighted by atomic mass is 15.6. The minimum absolute atomic E-state index is 1.34. The lowest BCUT2D eigenvalue weighted by Crippen LogP contribution is -2.42. The molecule has 0 aromatic carbocycles. The summed E-state index contributed by atoms with van der Waals surface area (Å²) in [6.45, 7) is 7.04. The van der Waals surface area contributed by atoms with Crippen LogP contribution in [0.15, 0.2) is 0 Å². The molecular weight excluding hydrogens is 111 g/mol. The first-order valence-electron chi connectivity index (χ1n) is 3.79. The lowest BCUT2D eigenvalue weighted by Gasteiger charge is -2.20. The van der Waals surface area contributed by atoms with Gasteiger partial charge in [0.05, 0.1) is 14.1 Å². The fourth-order valence-corrected chi connectivity index (χ4v) is 2.30. The van der Waals surface area contributed by atoms with Gasteiger partial charge in [-0.25, -0.2) is 0 Å². The Hall–Kier alpha value is -0.0800. The lowest BCUT2D eigenvalue weighted by atomic mass is 10.3. The van der Waals surface area contributed by atoms with Gasteiger partial charge in [0.25, 0.3) is 0 Å². The van der Waals surface area contributed by atoms with E-state index in [1.165, 1.54) is 41.8 Å². The minimum atomic E-state index is 1.34. The zero-order valence-electron chi connectivity index (χ0n) is 6.43. The van der Waals surface area contributed by atoms with Crippen molar-refractivity contribution in [2.24, 2.45) is 0 Å². The normalized spacial score (nSPS) is 56.7. The molecule has 2 heterocycles. The van der Waals surface area contributed by atoms with Gasteiger partial charge in [0.2, 0.25) is 6.67 Å². The van der Waals surface area contributed by atoms with Gasteiger partial charge < -0.3 is 0 Å². The Balaban J connectivity index is 2.25. The van der Waals surface area contributed by atoms with Crippen molar-refractivity contribution < 1.29 is 8.97 Å². The van der Waals surface area contributed by atoms with Gasteiger partial charge in [-0.2, -0.15) is 0 Å². The molecule has 0 aromatic heterocycles. The van der Waals surface area contributed by atoms with Gasteiger partial charge in [0.1, 0.15) is 26.2 Å². The first kappa shape index (κ1) is 5.69. The van der Waals surface area contributed by atoms with E-state index in [2.05, 4.69) is 14.1 Å². The SMILES string of the molecule is C[N+]12CC[N+]([11CH3])(CC1)C2. The molecule has 0 amide bonds. The van der Waals surface area contributed by atoms with E-state index < -0.39 is 0 Å². The van der Waals surface area contributed by atoms with Gasteiger partial charge in [-0.1, -0.05) is 0 Å². The lowest BCUT2D eigenvalue weighted by molar-refractivity contribution is -0.968. The largest absolute Gasteiger partial charge is 0.270 e. The summed E-state index contributed by atoms with van der Waals surface area (Å²) in [6.07, 6.45) is 0. The average Bonchev–Trinajstić information content (AvgIpc) is 2.19. The highest BCUT2D eigenvalue weighted by Crippen LogP contribution is 2.26. The zero-order chi connectivity index (χ0) is 6.54. The molecule has 0 N–H and O–H groups in total. The van der Waals surface area contributed by atoms with Crippen LogP contribution in [0.5, 0.6) is 0 Å².